The van der Waals surface area contributed by atoms with Crippen LogP contribution < -0.4 is 11.1 Å². The number of fused-ring (bicyclic) bond motifs is 1. The maximum atomic E-state index is 5.89. The van der Waals surface area contributed by atoms with E-state index in [0.717, 1.165) is 22.3 Å². The Labute approximate surface area is 130 Å². The van der Waals surface area contributed by atoms with Gasteiger partial charge in [0, 0.05) is 16.5 Å². The first kappa shape index (κ1) is 14.3. The summed E-state index contributed by atoms with van der Waals surface area (Å²) in [6.45, 7) is 2.28. The van der Waals surface area contributed by atoms with Gasteiger partial charge in [-0.15, -0.1) is 0 Å². The molecule has 0 atom stereocenters. The lowest BCUT2D eigenvalue weighted by atomic mass is 9.83. The van der Waals surface area contributed by atoms with Crippen LogP contribution in [0.25, 0.3) is 10.9 Å². The fourth-order valence-electron chi connectivity index (χ4n) is 3.21. The highest BCUT2D eigenvalue weighted by Crippen LogP contribution is 2.31. The number of para-hydroxylation sites is 1. The normalized spacial score (nSPS) is 17.6. The Balaban J connectivity index is 2.01. The third-order valence-electron chi connectivity index (χ3n) is 4.37. The third-order valence-corrected chi connectivity index (χ3v) is 4.59. The number of nitrogens with zero attached hydrogens (tertiary/aromatic N) is 1. The zero-order valence-electron chi connectivity index (χ0n) is 12.4. The monoisotopic (exact) mass is 299 g/mol. The van der Waals surface area contributed by atoms with Gasteiger partial charge in [-0.05, 0) is 31.9 Å². The number of anilines is 1. The zero-order valence-corrected chi connectivity index (χ0v) is 13.2. The lowest BCUT2D eigenvalue weighted by Crippen LogP contribution is -2.37. The average Bonchev–Trinajstić information content (AvgIpc) is 2.46. The Morgan fingerprint density at radius 2 is 1.95 bits per heavy atom. The fourth-order valence-corrected chi connectivity index (χ4v) is 3.38. The molecule has 0 aliphatic heterocycles. The second-order valence-electron chi connectivity index (χ2n) is 6.18. The van der Waals surface area contributed by atoms with Crippen molar-refractivity contribution in [3.8, 4) is 0 Å². The summed E-state index contributed by atoms with van der Waals surface area (Å²) in [6, 6.07) is 9.99. The summed E-state index contributed by atoms with van der Waals surface area (Å²) >= 11 is 5.20. The Hall–Kier alpha value is -1.68. The van der Waals surface area contributed by atoms with Crippen LogP contribution in [0.4, 0.5) is 5.82 Å². The van der Waals surface area contributed by atoms with Gasteiger partial charge in [0.1, 0.15) is 10.8 Å². The van der Waals surface area contributed by atoms with E-state index in [2.05, 4.69) is 12.2 Å². The highest BCUT2D eigenvalue weighted by molar-refractivity contribution is 7.80. The first-order valence-corrected chi connectivity index (χ1v) is 7.96. The Bertz CT molecular complexity index is 675. The molecule has 3 nitrogen and oxygen atoms in total. The second-order valence-corrected chi connectivity index (χ2v) is 6.62. The molecule has 1 aliphatic carbocycles. The van der Waals surface area contributed by atoms with Crippen LogP contribution in [0.15, 0.2) is 30.3 Å². The average molecular weight is 299 g/mol. The lowest BCUT2D eigenvalue weighted by molar-refractivity contribution is 0.348. The molecule has 0 bridgehead atoms. The van der Waals surface area contributed by atoms with Crippen LogP contribution >= 0.6 is 12.2 Å². The van der Waals surface area contributed by atoms with Crippen LogP contribution in [0.3, 0.4) is 0 Å². The molecule has 2 aromatic rings. The van der Waals surface area contributed by atoms with Gasteiger partial charge in [-0.1, -0.05) is 49.7 Å². The molecular formula is C17H21N3S. The van der Waals surface area contributed by atoms with Crippen LogP contribution in [-0.2, 0) is 0 Å². The Morgan fingerprint density at radius 1 is 1.24 bits per heavy atom. The molecule has 0 saturated heterocycles. The van der Waals surface area contributed by atoms with E-state index < -0.39 is 0 Å². The van der Waals surface area contributed by atoms with Crippen LogP contribution in [-0.4, -0.2) is 15.5 Å². The van der Waals surface area contributed by atoms with Gasteiger partial charge in [0.2, 0.25) is 0 Å². The van der Waals surface area contributed by atoms with E-state index in [1.807, 2.05) is 30.3 Å². The number of benzene rings is 1. The third kappa shape index (κ3) is 3.00. The van der Waals surface area contributed by atoms with Crippen molar-refractivity contribution < 1.29 is 0 Å². The molecule has 1 saturated carbocycles. The first-order chi connectivity index (χ1) is 10.1. The molecule has 0 radical (unpaired) electrons. The minimum Gasteiger partial charge on any atom is -0.389 e. The van der Waals surface area contributed by atoms with E-state index >= 15 is 0 Å². The van der Waals surface area contributed by atoms with Crippen molar-refractivity contribution in [2.24, 2.45) is 5.73 Å². The molecule has 1 aromatic carbocycles. The molecule has 0 amide bonds. The number of nitrogens with one attached hydrogen (secondary N) is 1. The van der Waals surface area contributed by atoms with Gasteiger partial charge >= 0.3 is 0 Å². The largest absolute Gasteiger partial charge is 0.389 e. The molecule has 1 fully saturated rings. The van der Waals surface area contributed by atoms with Gasteiger partial charge in [0.15, 0.2) is 0 Å². The highest BCUT2D eigenvalue weighted by atomic mass is 32.1. The smallest absolute Gasteiger partial charge is 0.127 e. The number of hydrogen-bond donors (Lipinski definition) is 2. The summed E-state index contributed by atoms with van der Waals surface area (Å²) in [5, 5.41) is 4.64. The van der Waals surface area contributed by atoms with Crippen molar-refractivity contribution in [1.82, 2.24) is 4.98 Å². The standard InChI is InChI=1S/C17H21N3S/c1-17(9-5-2-6-10-17)20-15-11-13(16(18)21)12-7-3-4-8-14(12)19-15/h3-4,7-8,11H,2,5-6,9-10H2,1H3,(H2,18,21)(H,19,20). The van der Waals surface area contributed by atoms with E-state index in [0.29, 0.717) is 4.99 Å². The number of rotatable bonds is 3. The van der Waals surface area contributed by atoms with Gasteiger partial charge < -0.3 is 11.1 Å². The van der Waals surface area contributed by atoms with Crippen LogP contribution in [0.2, 0.25) is 0 Å². The van der Waals surface area contributed by atoms with Crippen LogP contribution in [0.1, 0.15) is 44.6 Å². The lowest BCUT2D eigenvalue weighted by Gasteiger charge is -2.35. The number of aromatic nitrogens is 1. The molecule has 21 heavy (non-hydrogen) atoms. The summed E-state index contributed by atoms with van der Waals surface area (Å²) < 4.78 is 0. The second kappa shape index (κ2) is 5.60. The summed E-state index contributed by atoms with van der Waals surface area (Å²) in [5.41, 5.74) is 7.85. The molecule has 1 aliphatic rings. The molecule has 0 spiro atoms. The minimum absolute atomic E-state index is 0.126. The van der Waals surface area contributed by atoms with E-state index in [9.17, 15) is 0 Å². The van der Waals surface area contributed by atoms with Gasteiger partial charge in [-0.25, -0.2) is 4.98 Å². The minimum atomic E-state index is 0.126. The molecule has 3 N–H and O–H groups in total. The molecule has 0 unspecified atom stereocenters. The number of pyridine rings is 1. The molecule has 1 aromatic heterocycles. The van der Waals surface area contributed by atoms with Crippen molar-refractivity contribution >= 4 is 33.9 Å². The molecule has 1 heterocycles. The van der Waals surface area contributed by atoms with Crippen molar-refractivity contribution in [2.75, 3.05) is 5.32 Å². The summed E-state index contributed by atoms with van der Waals surface area (Å²) in [6.07, 6.45) is 6.26. The predicted molar refractivity (Wildman–Crippen MR) is 92.7 cm³/mol. The maximum absolute atomic E-state index is 5.89. The van der Waals surface area contributed by atoms with Crippen LogP contribution in [0, 0.1) is 0 Å². The Morgan fingerprint density at radius 3 is 2.67 bits per heavy atom. The zero-order chi connectivity index (χ0) is 14.9. The summed E-state index contributed by atoms with van der Waals surface area (Å²) in [4.78, 5) is 5.15. The summed E-state index contributed by atoms with van der Waals surface area (Å²) in [5.74, 6) is 0.876. The number of hydrogen-bond acceptors (Lipinski definition) is 3. The number of thiocarbonyl (C=S) groups is 1. The number of nitrogens with two attached hydrogens (primary N) is 1. The van der Waals surface area contributed by atoms with Crippen molar-refractivity contribution in [3.05, 3.63) is 35.9 Å². The topological polar surface area (TPSA) is 50.9 Å². The summed E-state index contributed by atoms with van der Waals surface area (Å²) in [7, 11) is 0. The van der Waals surface area contributed by atoms with Crippen LogP contribution in [0.5, 0.6) is 0 Å². The van der Waals surface area contributed by atoms with E-state index in [1.54, 1.807) is 0 Å². The van der Waals surface area contributed by atoms with Gasteiger partial charge in [0.05, 0.1) is 5.52 Å². The highest BCUT2D eigenvalue weighted by Gasteiger charge is 2.27. The van der Waals surface area contributed by atoms with E-state index in [1.165, 1.54) is 32.1 Å². The predicted octanol–water partition coefficient (Wildman–Crippen LogP) is 4.00. The van der Waals surface area contributed by atoms with Crippen molar-refractivity contribution in [1.29, 1.82) is 0 Å². The van der Waals surface area contributed by atoms with Crippen molar-refractivity contribution in [3.63, 3.8) is 0 Å². The van der Waals surface area contributed by atoms with Crippen molar-refractivity contribution in [2.45, 2.75) is 44.6 Å². The maximum Gasteiger partial charge on any atom is 0.127 e. The SMILES string of the molecule is CC1(Nc2cc(C(N)=S)c3ccccc3n2)CCCCC1. The molecule has 4 heteroatoms. The molecular weight excluding hydrogens is 278 g/mol. The molecule has 3 rings (SSSR count). The van der Waals surface area contributed by atoms with E-state index in [-0.39, 0.29) is 5.54 Å². The Kier molecular flexibility index (Phi) is 3.81. The first-order valence-electron chi connectivity index (χ1n) is 7.55. The van der Waals surface area contributed by atoms with Gasteiger partial charge in [-0.2, -0.15) is 0 Å². The molecule has 110 valence electrons. The quantitative estimate of drug-likeness (QED) is 0.841. The van der Waals surface area contributed by atoms with Gasteiger partial charge in [-0.3, -0.25) is 0 Å². The van der Waals surface area contributed by atoms with E-state index in [4.69, 9.17) is 22.9 Å². The fraction of sp³-hybridized carbons (Fsp3) is 0.412. The van der Waals surface area contributed by atoms with Gasteiger partial charge in [0.25, 0.3) is 0 Å².